The standard InChI is InChI=1S/C10H18O2/c1-9(2)4-3-5-10(8-12)6-7-11/h4-5,11-12H,3,6-8H2,1-2H3/b10-5-. The van der Waals surface area contributed by atoms with Gasteiger partial charge in [0.15, 0.2) is 0 Å². The molecule has 0 radical (unpaired) electrons. The van der Waals surface area contributed by atoms with E-state index in [4.69, 9.17) is 10.2 Å². The van der Waals surface area contributed by atoms with Crippen LogP contribution >= 0.6 is 0 Å². The summed E-state index contributed by atoms with van der Waals surface area (Å²) in [5, 5.41) is 17.4. The Hall–Kier alpha value is -0.600. The highest BCUT2D eigenvalue weighted by Gasteiger charge is 1.91. The maximum atomic E-state index is 8.82. The maximum absolute atomic E-state index is 8.82. The molecule has 12 heavy (non-hydrogen) atoms. The third-order valence-corrected chi connectivity index (χ3v) is 1.57. The first-order valence-corrected chi connectivity index (χ1v) is 4.23. The highest BCUT2D eigenvalue weighted by molar-refractivity contribution is 5.07. The molecule has 0 aliphatic carbocycles. The minimum absolute atomic E-state index is 0.0527. The molecule has 0 saturated carbocycles. The normalized spacial score (nSPS) is 11.5. The van der Waals surface area contributed by atoms with Gasteiger partial charge in [0.2, 0.25) is 0 Å². The zero-order valence-electron chi connectivity index (χ0n) is 7.88. The lowest BCUT2D eigenvalue weighted by Crippen LogP contribution is -1.93. The van der Waals surface area contributed by atoms with Crippen molar-refractivity contribution in [3.8, 4) is 0 Å². The number of aliphatic hydroxyl groups excluding tert-OH is 2. The van der Waals surface area contributed by atoms with Crippen LogP contribution in [0.3, 0.4) is 0 Å². The fourth-order valence-corrected chi connectivity index (χ4v) is 0.851. The van der Waals surface area contributed by atoms with E-state index in [-0.39, 0.29) is 13.2 Å². The van der Waals surface area contributed by atoms with Gasteiger partial charge >= 0.3 is 0 Å². The van der Waals surface area contributed by atoms with E-state index in [1.54, 1.807) is 0 Å². The molecular formula is C10H18O2. The Bertz CT molecular complexity index is 165. The number of allylic oxidation sites excluding steroid dienone is 3. The summed E-state index contributed by atoms with van der Waals surface area (Å²) in [5.41, 5.74) is 2.18. The molecule has 0 aliphatic heterocycles. The fraction of sp³-hybridized carbons (Fsp3) is 0.600. The minimum atomic E-state index is 0.0527. The summed E-state index contributed by atoms with van der Waals surface area (Å²) in [6, 6.07) is 0. The van der Waals surface area contributed by atoms with E-state index in [2.05, 4.69) is 6.08 Å². The van der Waals surface area contributed by atoms with Crippen molar-refractivity contribution < 1.29 is 10.2 Å². The van der Waals surface area contributed by atoms with E-state index < -0.39 is 0 Å². The Morgan fingerprint density at radius 1 is 1.17 bits per heavy atom. The highest BCUT2D eigenvalue weighted by atomic mass is 16.3. The summed E-state index contributed by atoms with van der Waals surface area (Å²) in [4.78, 5) is 0. The smallest absolute Gasteiger partial charge is 0.0642 e. The van der Waals surface area contributed by atoms with Crippen LogP contribution in [0.1, 0.15) is 26.7 Å². The molecule has 0 fully saturated rings. The van der Waals surface area contributed by atoms with E-state index in [1.807, 2.05) is 19.9 Å². The molecule has 0 heterocycles. The lowest BCUT2D eigenvalue weighted by molar-refractivity contribution is 0.278. The predicted octanol–water partition coefficient (Wildman–Crippen LogP) is 1.64. The molecule has 0 spiro atoms. The average Bonchev–Trinajstić information content (AvgIpc) is 2.02. The van der Waals surface area contributed by atoms with Crippen LogP contribution < -0.4 is 0 Å². The first-order chi connectivity index (χ1) is 5.70. The van der Waals surface area contributed by atoms with Gasteiger partial charge in [-0.1, -0.05) is 17.7 Å². The second kappa shape index (κ2) is 7.07. The summed E-state index contributed by atoms with van der Waals surface area (Å²) in [6.45, 7) is 4.25. The third kappa shape index (κ3) is 6.13. The highest BCUT2D eigenvalue weighted by Crippen LogP contribution is 2.02. The van der Waals surface area contributed by atoms with Gasteiger partial charge in [0, 0.05) is 6.61 Å². The molecule has 70 valence electrons. The molecule has 0 aromatic rings. The van der Waals surface area contributed by atoms with Crippen LogP contribution in [0.4, 0.5) is 0 Å². The van der Waals surface area contributed by atoms with Gasteiger partial charge in [-0.2, -0.15) is 0 Å². The minimum Gasteiger partial charge on any atom is -0.396 e. The van der Waals surface area contributed by atoms with Crippen molar-refractivity contribution >= 4 is 0 Å². The number of aliphatic hydroxyl groups is 2. The molecule has 0 saturated heterocycles. The first-order valence-electron chi connectivity index (χ1n) is 4.23. The second-order valence-electron chi connectivity index (χ2n) is 3.01. The van der Waals surface area contributed by atoms with Crippen LogP contribution in [0.15, 0.2) is 23.3 Å². The number of hydrogen-bond donors (Lipinski definition) is 2. The summed E-state index contributed by atoms with van der Waals surface area (Å²) in [6.07, 6.45) is 5.47. The second-order valence-corrected chi connectivity index (χ2v) is 3.01. The molecular weight excluding hydrogens is 152 g/mol. The largest absolute Gasteiger partial charge is 0.396 e. The third-order valence-electron chi connectivity index (χ3n) is 1.57. The molecule has 0 aliphatic rings. The first kappa shape index (κ1) is 11.4. The Labute approximate surface area is 74.2 Å². The van der Waals surface area contributed by atoms with E-state index >= 15 is 0 Å². The molecule has 0 rings (SSSR count). The monoisotopic (exact) mass is 170 g/mol. The summed E-state index contributed by atoms with van der Waals surface area (Å²) < 4.78 is 0. The fourth-order valence-electron chi connectivity index (χ4n) is 0.851. The van der Waals surface area contributed by atoms with Crippen LogP contribution in [0, 0.1) is 0 Å². The van der Waals surface area contributed by atoms with Gasteiger partial charge < -0.3 is 10.2 Å². The zero-order valence-corrected chi connectivity index (χ0v) is 7.88. The molecule has 0 atom stereocenters. The molecule has 0 aromatic carbocycles. The van der Waals surface area contributed by atoms with E-state index in [0.29, 0.717) is 6.42 Å². The van der Waals surface area contributed by atoms with Crippen molar-refractivity contribution in [1.82, 2.24) is 0 Å². The van der Waals surface area contributed by atoms with E-state index in [9.17, 15) is 0 Å². The molecule has 0 amide bonds. The molecule has 0 aromatic heterocycles. The zero-order chi connectivity index (χ0) is 9.40. The summed E-state index contributed by atoms with van der Waals surface area (Å²) in [5.74, 6) is 0. The van der Waals surface area contributed by atoms with E-state index in [1.165, 1.54) is 5.57 Å². The van der Waals surface area contributed by atoms with Crippen molar-refractivity contribution in [3.05, 3.63) is 23.3 Å². The van der Waals surface area contributed by atoms with Gasteiger partial charge in [-0.05, 0) is 32.3 Å². The summed E-state index contributed by atoms with van der Waals surface area (Å²) >= 11 is 0. The predicted molar refractivity (Wildman–Crippen MR) is 50.9 cm³/mol. The summed E-state index contributed by atoms with van der Waals surface area (Å²) in [7, 11) is 0. The Kier molecular flexibility index (Phi) is 6.72. The lowest BCUT2D eigenvalue weighted by atomic mass is 10.1. The van der Waals surface area contributed by atoms with Crippen LogP contribution in [0.2, 0.25) is 0 Å². The van der Waals surface area contributed by atoms with Gasteiger partial charge in [0.25, 0.3) is 0 Å². The van der Waals surface area contributed by atoms with Gasteiger partial charge in [-0.15, -0.1) is 0 Å². The van der Waals surface area contributed by atoms with Crippen LogP contribution in [0.25, 0.3) is 0 Å². The molecule has 2 heteroatoms. The van der Waals surface area contributed by atoms with Crippen LogP contribution in [0.5, 0.6) is 0 Å². The van der Waals surface area contributed by atoms with Crippen molar-refractivity contribution in [2.45, 2.75) is 26.7 Å². The Morgan fingerprint density at radius 2 is 1.83 bits per heavy atom. The van der Waals surface area contributed by atoms with Crippen molar-refractivity contribution in [3.63, 3.8) is 0 Å². The van der Waals surface area contributed by atoms with E-state index in [0.717, 1.165) is 12.0 Å². The Morgan fingerprint density at radius 3 is 2.25 bits per heavy atom. The van der Waals surface area contributed by atoms with Gasteiger partial charge in [0.1, 0.15) is 0 Å². The lowest BCUT2D eigenvalue weighted by Gasteiger charge is -1.99. The van der Waals surface area contributed by atoms with Gasteiger partial charge in [0.05, 0.1) is 6.61 Å². The SMILES string of the molecule is CC(C)=CC/C=C(\CO)CCO. The molecule has 2 nitrogen and oxygen atoms in total. The molecule has 0 unspecified atom stereocenters. The van der Waals surface area contributed by atoms with Gasteiger partial charge in [-0.25, -0.2) is 0 Å². The molecule has 2 N–H and O–H groups in total. The number of rotatable bonds is 5. The van der Waals surface area contributed by atoms with Crippen LogP contribution in [-0.4, -0.2) is 23.4 Å². The van der Waals surface area contributed by atoms with Crippen molar-refractivity contribution in [2.24, 2.45) is 0 Å². The molecule has 0 bridgehead atoms. The maximum Gasteiger partial charge on any atom is 0.0642 e. The topological polar surface area (TPSA) is 40.5 Å². The quantitative estimate of drug-likeness (QED) is 0.616. The van der Waals surface area contributed by atoms with Crippen molar-refractivity contribution in [1.29, 1.82) is 0 Å². The Balaban J connectivity index is 3.85. The number of hydrogen-bond acceptors (Lipinski definition) is 2. The van der Waals surface area contributed by atoms with Crippen molar-refractivity contribution in [2.75, 3.05) is 13.2 Å². The van der Waals surface area contributed by atoms with Crippen LogP contribution in [-0.2, 0) is 0 Å². The van der Waals surface area contributed by atoms with Gasteiger partial charge in [-0.3, -0.25) is 0 Å². The average molecular weight is 170 g/mol.